The third-order valence-corrected chi connectivity index (χ3v) is 4.20. The molecular weight excluding hydrogens is 308 g/mol. The van der Waals surface area contributed by atoms with Gasteiger partial charge in [0.1, 0.15) is 17.3 Å². The van der Waals surface area contributed by atoms with Crippen LogP contribution in [0.3, 0.4) is 0 Å². The highest BCUT2D eigenvalue weighted by atomic mass is 16.6. The maximum atomic E-state index is 12.3. The predicted molar refractivity (Wildman–Crippen MR) is 90.1 cm³/mol. The van der Waals surface area contributed by atoms with Gasteiger partial charge in [0, 0.05) is 25.4 Å². The second-order valence-electron chi connectivity index (χ2n) is 5.84. The van der Waals surface area contributed by atoms with Crippen molar-refractivity contribution in [1.29, 1.82) is 5.26 Å². The number of para-hydroxylation sites is 2. The van der Waals surface area contributed by atoms with Crippen molar-refractivity contribution in [3.05, 3.63) is 46.2 Å². The fraction of sp³-hybridized carbons (Fsp3) is 0.412. The zero-order valence-electron chi connectivity index (χ0n) is 13.6. The van der Waals surface area contributed by atoms with Crippen LogP contribution in [0.25, 0.3) is 0 Å². The molecule has 1 saturated carbocycles. The maximum Gasteiger partial charge on any atom is 0.292 e. The minimum absolute atomic E-state index is 0.0683. The number of benzene rings is 1. The van der Waals surface area contributed by atoms with Gasteiger partial charge < -0.3 is 10.2 Å². The third-order valence-electron chi connectivity index (χ3n) is 4.20. The fourth-order valence-corrected chi connectivity index (χ4v) is 2.86. The number of amides is 1. The summed E-state index contributed by atoms with van der Waals surface area (Å²) in [5, 5.41) is 22.7. The summed E-state index contributed by atoms with van der Waals surface area (Å²) >= 11 is 0. The fourth-order valence-electron chi connectivity index (χ4n) is 2.86. The lowest BCUT2D eigenvalue weighted by atomic mass is 9.94. The molecule has 0 aromatic heterocycles. The average Bonchev–Trinajstić information content (AvgIpc) is 2.60. The highest BCUT2D eigenvalue weighted by Gasteiger charge is 2.20. The van der Waals surface area contributed by atoms with E-state index in [1.54, 1.807) is 6.07 Å². The van der Waals surface area contributed by atoms with E-state index in [-0.39, 0.29) is 16.9 Å². The van der Waals surface area contributed by atoms with Crippen LogP contribution in [0.1, 0.15) is 32.1 Å². The van der Waals surface area contributed by atoms with E-state index < -0.39 is 10.8 Å². The van der Waals surface area contributed by atoms with Crippen LogP contribution in [-0.4, -0.2) is 28.8 Å². The number of nitro groups is 1. The van der Waals surface area contributed by atoms with Crippen molar-refractivity contribution in [3.63, 3.8) is 0 Å². The van der Waals surface area contributed by atoms with E-state index in [9.17, 15) is 20.2 Å². The lowest BCUT2D eigenvalue weighted by Gasteiger charge is -2.30. The van der Waals surface area contributed by atoms with Gasteiger partial charge in [-0.25, -0.2) is 0 Å². The number of hydrogen-bond acceptors (Lipinski definition) is 5. The Morgan fingerprint density at radius 3 is 2.67 bits per heavy atom. The first kappa shape index (κ1) is 17.5. The Balaban J connectivity index is 2.13. The Bertz CT molecular complexity index is 687. The van der Waals surface area contributed by atoms with Crippen LogP contribution in [0.2, 0.25) is 0 Å². The van der Waals surface area contributed by atoms with Crippen LogP contribution in [0.4, 0.5) is 11.4 Å². The lowest BCUT2D eigenvalue weighted by molar-refractivity contribution is -0.383. The topological polar surface area (TPSA) is 99.3 Å². The zero-order chi connectivity index (χ0) is 17.5. The Labute approximate surface area is 140 Å². The molecule has 126 valence electrons. The summed E-state index contributed by atoms with van der Waals surface area (Å²) in [6.45, 7) is 0. The number of nitro benzene ring substituents is 1. The monoisotopic (exact) mass is 328 g/mol. The molecule has 0 bridgehead atoms. The number of nitrogens with one attached hydrogen (secondary N) is 1. The molecule has 7 heteroatoms. The van der Waals surface area contributed by atoms with E-state index in [2.05, 4.69) is 5.32 Å². The Morgan fingerprint density at radius 1 is 1.38 bits per heavy atom. The second-order valence-corrected chi connectivity index (χ2v) is 5.84. The number of hydrogen-bond donors (Lipinski definition) is 1. The van der Waals surface area contributed by atoms with E-state index in [1.165, 1.54) is 30.8 Å². The average molecular weight is 328 g/mol. The van der Waals surface area contributed by atoms with E-state index in [0.29, 0.717) is 6.04 Å². The predicted octanol–water partition coefficient (Wildman–Crippen LogP) is 3.21. The smallest absolute Gasteiger partial charge is 0.292 e. The van der Waals surface area contributed by atoms with Gasteiger partial charge in [0.25, 0.3) is 11.6 Å². The number of nitriles is 1. The molecule has 0 radical (unpaired) electrons. The van der Waals surface area contributed by atoms with Gasteiger partial charge in [-0.1, -0.05) is 31.4 Å². The molecule has 0 heterocycles. The summed E-state index contributed by atoms with van der Waals surface area (Å²) in [6, 6.07) is 8.05. The first-order valence-electron chi connectivity index (χ1n) is 7.91. The number of carbonyl (C=O) groups excluding carboxylic acids is 1. The second kappa shape index (κ2) is 8.11. The van der Waals surface area contributed by atoms with Crippen molar-refractivity contribution >= 4 is 17.3 Å². The molecule has 1 aromatic rings. The van der Waals surface area contributed by atoms with Crippen LogP contribution in [-0.2, 0) is 4.79 Å². The molecule has 24 heavy (non-hydrogen) atoms. The van der Waals surface area contributed by atoms with Gasteiger partial charge in [0.05, 0.1) is 4.92 Å². The summed E-state index contributed by atoms with van der Waals surface area (Å²) in [5.41, 5.74) is -0.195. The van der Waals surface area contributed by atoms with Crippen LogP contribution in [0.5, 0.6) is 0 Å². The first-order chi connectivity index (χ1) is 11.5. The lowest BCUT2D eigenvalue weighted by Crippen LogP contribution is -2.30. The molecule has 1 fully saturated rings. The molecule has 1 aliphatic rings. The Kier molecular flexibility index (Phi) is 5.90. The summed E-state index contributed by atoms with van der Waals surface area (Å²) in [7, 11) is 1.85. The van der Waals surface area contributed by atoms with Crippen molar-refractivity contribution in [2.75, 3.05) is 12.4 Å². The summed E-state index contributed by atoms with van der Waals surface area (Å²) in [6.07, 6.45) is 7.12. The zero-order valence-corrected chi connectivity index (χ0v) is 13.6. The molecule has 1 N–H and O–H groups in total. The molecule has 0 atom stereocenters. The van der Waals surface area contributed by atoms with Crippen molar-refractivity contribution in [2.45, 2.75) is 38.1 Å². The largest absolute Gasteiger partial charge is 0.376 e. The van der Waals surface area contributed by atoms with Crippen LogP contribution < -0.4 is 5.32 Å². The van der Waals surface area contributed by atoms with Gasteiger partial charge in [0.15, 0.2) is 0 Å². The molecule has 1 aromatic carbocycles. The molecule has 0 saturated heterocycles. The van der Waals surface area contributed by atoms with E-state index in [1.807, 2.05) is 18.0 Å². The SMILES string of the molecule is CN(/C=C(/C#N)C(=O)Nc1ccccc1[N+](=O)[O-])C1CCCCC1. The van der Waals surface area contributed by atoms with Gasteiger partial charge >= 0.3 is 0 Å². The molecule has 0 unspecified atom stereocenters. The van der Waals surface area contributed by atoms with Gasteiger partial charge in [-0.15, -0.1) is 0 Å². The molecule has 7 nitrogen and oxygen atoms in total. The molecule has 2 rings (SSSR count). The molecule has 1 aliphatic carbocycles. The van der Waals surface area contributed by atoms with E-state index in [4.69, 9.17) is 0 Å². The van der Waals surface area contributed by atoms with Crippen molar-refractivity contribution in [2.24, 2.45) is 0 Å². The van der Waals surface area contributed by atoms with Gasteiger partial charge in [-0.2, -0.15) is 5.26 Å². The van der Waals surface area contributed by atoms with Crippen molar-refractivity contribution in [1.82, 2.24) is 4.90 Å². The number of nitrogens with zero attached hydrogens (tertiary/aromatic N) is 3. The highest BCUT2D eigenvalue weighted by Crippen LogP contribution is 2.24. The standard InChI is InChI=1S/C17H20N4O3/c1-20(14-7-3-2-4-8-14)12-13(11-18)17(22)19-15-9-5-6-10-16(15)21(23)24/h5-6,9-10,12,14H,2-4,7-8H2,1H3,(H,19,22)/b13-12-. The van der Waals surface area contributed by atoms with Gasteiger partial charge in [-0.05, 0) is 18.9 Å². The normalized spacial score (nSPS) is 15.4. The summed E-state index contributed by atoms with van der Waals surface area (Å²) in [4.78, 5) is 24.6. The van der Waals surface area contributed by atoms with E-state index >= 15 is 0 Å². The van der Waals surface area contributed by atoms with E-state index in [0.717, 1.165) is 25.7 Å². The number of anilines is 1. The molecule has 0 spiro atoms. The number of carbonyl (C=O) groups is 1. The van der Waals surface area contributed by atoms with Crippen LogP contribution in [0, 0.1) is 21.4 Å². The summed E-state index contributed by atoms with van der Waals surface area (Å²) < 4.78 is 0. The first-order valence-corrected chi connectivity index (χ1v) is 7.91. The quantitative estimate of drug-likeness (QED) is 0.387. The molecule has 0 aliphatic heterocycles. The van der Waals surface area contributed by atoms with Crippen molar-refractivity contribution in [3.8, 4) is 6.07 Å². The van der Waals surface area contributed by atoms with Gasteiger partial charge in [0.2, 0.25) is 0 Å². The Hall–Kier alpha value is -2.88. The van der Waals surface area contributed by atoms with Crippen LogP contribution in [0.15, 0.2) is 36.0 Å². The minimum Gasteiger partial charge on any atom is -0.376 e. The molecule has 1 amide bonds. The minimum atomic E-state index is -0.644. The molecular formula is C17H20N4O3. The highest BCUT2D eigenvalue weighted by molar-refractivity contribution is 6.07. The third kappa shape index (κ3) is 4.32. The summed E-state index contributed by atoms with van der Waals surface area (Å²) in [5.74, 6) is -0.644. The van der Waals surface area contributed by atoms with Crippen LogP contribution >= 0.6 is 0 Å². The maximum absolute atomic E-state index is 12.3. The number of rotatable bonds is 5. The Morgan fingerprint density at radius 2 is 2.04 bits per heavy atom. The van der Waals surface area contributed by atoms with Crippen molar-refractivity contribution < 1.29 is 9.72 Å². The van der Waals surface area contributed by atoms with Gasteiger partial charge in [-0.3, -0.25) is 14.9 Å².